The van der Waals surface area contributed by atoms with Gasteiger partial charge in [-0.05, 0) is 6.07 Å². The summed E-state index contributed by atoms with van der Waals surface area (Å²) in [7, 11) is 0. The summed E-state index contributed by atoms with van der Waals surface area (Å²) in [4.78, 5) is 15.1. The second kappa shape index (κ2) is 4.81. The van der Waals surface area contributed by atoms with Gasteiger partial charge in [0.2, 0.25) is 5.95 Å². The van der Waals surface area contributed by atoms with Crippen LogP contribution in [0.2, 0.25) is 0 Å². The first-order chi connectivity index (χ1) is 10.0. The Bertz CT molecular complexity index is 804. The van der Waals surface area contributed by atoms with E-state index in [4.69, 9.17) is 5.73 Å². The second-order valence-electron chi connectivity index (χ2n) is 3.90. The minimum atomic E-state index is -1.31. The Labute approximate surface area is 115 Å². The molecule has 2 heterocycles. The van der Waals surface area contributed by atoms with Crippen LogP contribution in [0.4, 0.5) is 19.1 Å². The molecule has 0 saturated heterocycles. The van der Waals surface area contributed by atoms with Crippen LogP contribution in [0.15, 0.2) is 24.8 Å². The predicted molar refractivity (Wildman–Crippen MR) is 64.5 cm³/mol. The van der Waals surface area contributed by atoms with Crippen molar-refractivity contribution < 1.29 is 13.2 Å². The van der Waals surface area contributed by atoms with Gasteiger partial charge in [-0.25, -0.2) is 18.2 Å². The van der Waals surface area contributed by atoms with Crippen molar-refractivity contribution in [1.29, 1.82) is 0 Å². The summed E-state index contributed by atoms with van der Waals surface area (Å²) in [6, 6.07) is 1.05. The number of anilines is 1. The molecule has 106 valence electrons. The third-order valence-corrected chi connectivity index (χ3v) is 2.52. The summed E-state index contributed by atoms with van der Waals surface area (Å²) >= 11 is 0. The molecule has 3 rings (SSSR count). The molecule has 7 nitrogen and oxygen atoms in total. The molecule has 0 unspecified atom stereocenters. The van der Waals surface area contributed by atoms with Crippen LogP contribution in [0.1, 0.15) is 0 Å². The fraction of sp³-hybridized carbons (Fsp3) is 0. The smallest absolute Gasteiger partial charge is 0.257 e. The minimum Gasteiger partial charge on any atom is -0.368 e. The van der Waals surface area contributed by atoms with E-state index in [2.05, 4.69) is 25.0 Å². The standard InChI is InChI=1S/C11H6F3N7/c12-6-2-8(14)7(13)1-5(6)9-18-10(15)20-11(19-9)21-4-16-3-17-21/h1-4H,(H2,15,18,19,20). The molecule has 0 aliphatic rings. The topological polar surface area (TPSA) is 95.4 Å². The van der Waals surface area contributed by atoms with Crippen LogP contribution >= 0.6 is 0 Å². The van der Waals surface area contributed by atoms with Crippen LogP contribution in [0.3, 0.4) is 0 Å². The molecule has 0 fully saturated rings. The van der Waals surface area contributed by atoms with E-state index >= 15 is 0 Å². The number of rotatable bonds is 2. The maximum absolute atomic E-state index is 13.7. The molecule has 0 radical (unpaired) electrons. The van der Waals surface area contributed by atoms with Crippen molar-refractivity contribution in [3.05, 3.63) is 42.2 Å². The van der Waals surface area contributed by atoms with Crippen LogP contribution in [-0.4, -0.2) is 29.7 Å². The van der Waals surface area contributed by atoms with Crippen molar-refractivity contribution in [3.63, 3.8) is 0 Å². The highest BCUT2D eigenvalue weighted by molar-refractivity contribution is 5.57. The maximum atomic E-state index is 13.7. The molecule has 0 atom stereocenters. The number of halogens is 3. The molecule has 0 saturated carbocycles. The molecule has 0 aliphatic heterocycles. The maximum Gasteiger partial charge on any atom is 0.257 e. The zero-order valence-corrected chi connectivity index (χ0v) is 10.2. The van der Waals surface area contributed by atoms with E-state index in [9.17, 15) is 13.2 Å². The number of aromatic nitrogens is 6. The molecule has 2 aromatic heterocycles. The van der Waals surface area contributed by atoms with Crippen LogP contribution in [0.5, 0.6) is 0 Å². The van der Waals surface area contributed by atoms with Crippen molar-refractivity contribution >= 4 is 5.95 Å². The van der Waals surface area contributed by atoms with Gasteiger partial charge in [-0.1, -0.05) is 0 Å². The lowest BCUT2D eigenvalue weighted by atomic mass is 10.2. The largest absolute Gasteiger partial charge is 0.368 e. The average molecular weight is 293 g/mol. The van der Waals surface area contributed by atoms with Gasteiger partial charge >= 0.3 is 0 Å². The van der Waals surface area contributed by atoms with E-state index in [0.29, 0.717) is 12.1 Å². The lowest BCUT2D eigenvalue weighted by molar-refractivity contribution is 0.496. The first-order valence-electron chi connectivity index (χ1n) is 5.56. The van der Waals surface area contributed by atoms with Gasteiger partial charge in [0.05, 0.1) is 5.56 Å². The number of nitrogen functional groups attached to an aromatic ring is 1. The van der Waals surface area contributed by atoms with Gasteiger partial charge < -0.3 is 5.73 Å². The summed E-state index contributed by atoms with van der Waals surface area (Å²) in [6.45, 7) is 0. The first kappa shape index (κ1) is 13.0. The number of hydrogen-bond acceptors (Lipinski definition) is 6. The summed E-state index contributed by atoms with van der Waals surface area (Å²) < 4.78 is 41.1. The van der Waals surface area contributed by atoms with E-state index in [1.54, 1.807) is 0 Å². The van der Waals surface area contributed by atoms with Gasteiger partial charge in [-0.15, -0.1) is 0 Å². The van der Waals surface area contributed by atoms with Crippen LogP contribution in [0, 0.1) is 17.5 Å². The Morgan fingerprint density at radius 3 is 2.43 bits per heavy atom. The zero-order valence-electron chi connectivity index (χ0n) is 10.2. The van der Waals surface area contributed by atoms with Crippen LogP contribution < -0.4 is 5.73 Å². The van der Waals surface area contributed by atoms with Gasteiger partial charge in [-0.3, -0.25) is 0 Å². The fourth-order valence-electron chi connectivity index (χ4n) is 1.61. The molecular weight excluding hydrogens is 287 g/mol. The zero-order chi connectivity index (χ0) is 15.0. The molecule has 10 heteroatoms. The predicted octanol–water partition coefficient (Wildman–Crippen LogP) is 1.12. The van der Waals surface area contributed by atoms with E-state index in [-0.39, 0.29) is 23.3 Å². The summed E-state index contributed by atoms with van der Waals surface area (Å²) in [5.41, 5.74) is 5.16. The summed E-state index contributed by atoms with van der Waals surface area (Å²) in [5, 5.41) is 3.79. The van der Waals surface area contributed by atoms with E-state index in [0.717, 1.165) is 0 Å². The highest BCUT2D eigenvalue weighted by Crippen LogP contribution is 2.23. The third-order valence-electron chi connectivity index (χ3n) is 2.52. The highest BCUT2D eigenvalue weighted by atomic mass is 19.2. The van der Waals surface area contributed by atoms with Gasteiger partial charge in [0.1, 0.15) is 18.5 Å². The van der Waals surface area contributed by atoms with Gasteiger partial charge in [0.25, 0.3) is 5.95 Å². The number of benzene rings is 1. The van der Waals surface area contributed by atoms with Crippen LogP contribution in [-0.2, 0) is 0 Å². The monoisotopic (exact) mass is 293 g/mol. The minimum absolute atomic E-state index is 0.0286. The highest BCUT2D eigenvalue weighted by Gasteiger charge is 2.16. The average Bonchev–Trinajstić information content (AvgIpc) is 2.96. The lowest BCUT2D eigenvalue weighted by Gasteiger charge is -2.06. The molecule has 21 heavy (non-hydrogen) atoms. The Balaban J connectivity index is 2.17. The Kier molecular flexibility index (Phi) is 2.97. The van der Waals surface area contributed by atoms with Crippen molar-refractivity contribution in [2.75, 3.05) is 5.73 Å². The number of nitrogens with zero attached hydrogens (tertiary/aromatic N) is 6. The lowest BCUT2D eigenvalue weighted by Crippen LogP contribution is -2.08. The van der Waals surface area contributed by atoms with Gasteiger partial charge in [0.15, 0.2) is 17.5 Å². The molecule has 0 amide bonds. The molecule has 0 spiro atoms. The number of hydrogen-bond donors (Lipinski definition) is 1. The Morgan fingerprint density at radius 1 is 0.952 bits per heavy atom. The van der Waals surface area contributed by atoms with E-state index < -0.39 is 17.5 Å². The van der Waals surface area contributed by atoms with Crippen molar-refractivity contribution in [3.8, 4) is 17.3 Å². The molecule has 1 aromatic carbocycles. The molecule has 0 bridgehead atoms. The summed E-state index contributed by atoms with van der Waals surface area (Å²) in [5.74, 6) is -4.07. The fourth-order valence-corrected chi connectivity index (χ4v) is 1.61. The van der Waals surface area contributed by atoms with Gasteiger partial charge in [-0.2, -0.15) is 24.7 Å². The van der Waals surface area contributed by atoms with E-state index in [1.807, 2.05) is 0 Å². The summed E-state index contributed by atoms with van der Waals surface area (Å²) in [6.07, 6.45) is 2.53. The first-order valence-corrected chi connectivity index (χ1v) is 5.56. The second-order valence-corrected chi connectivity index (χ2v) is 3.90. The molecular formula is C11H6F3N7. The SMILES string of the molecule is Nc1nc(-c2cc(F)c(F)cc2F)nc(-n2cncn2)n1. The molecule has 3 aromatic rings. The van der Waals surface area contributed by atoms with Crippen molar-refractivity contribution in [1.82, 2.24) is 29.7 Å². The van der Waals surface area contributed by atoms with E-state index in [1.165, 1.54) is 17.3 Å². The molecule has 2 N–H and O–H groups in total. The van der Waals surface area contributed by atoms with Crippen molar-refractivity contribution in [2.45, 2.75) is 0 Å². The van der Waals surface area contributed by atoms with Crippen molar-refractivity contribution in [2.24, 2.45) is 0 Å². The van der Waals surface area contributed by atoms with Crippen LogP contribution in [0.25, 0.3) is 17.3 Å². The Morgan fingerprint density at radius 2 is 1.71 bits per heavy atom. The number of nitrogens with two attached hydrogens (primary N) is 1. The van der Waals surface area contributed by atoms with Gasteiger partial charge in [0, 0.05) is 6.07 Å². The quantitative estimate of drug-likeness (QED) is 0.711. The molecule has 0 aliphatic carbocycles. The normalized spacial score (nSPS) is 10.8. The third kappa shape index (κ3) is 2.38. The Hall–Kier alpha value is -3.04.